The van der Waals surface area contributed by atoms with E-state index in [4.69, 9.17) is 0 Å². The molecule has 0 saturated heterocycles. The van der Waals surface area contributed by atoms with Crippen LogP contribution in [-0.4, -0.2) is 10.7 Å². The van der Waals surface area contributed by atoms with Crippen LogP contribution >= 0.6 is 0 Å². The van der Waals surface area contributed by atoms with Crippen molar-refractivity contribution in [1.82, 2.24) is 0 Å². The summed E-state index contributed by atoms with van der Waals surface area (Å²) < 4.78 is 0. The van der Waals surface area contributed by atoms with Crippen LogP contribution in [0, 0.1) is 11.3 Å². The second-order valence-corrected chi connectivity index (χ2v) is 5.35. The van der Waals surface area contributed by atoms with Crippen LogP contribution in [0.25, 0.3) is 0 Å². The first kappa shape index (κ1) is 11.0. The summed E-state index contributed by atoms with van der Waals surface area (Å²) in [6.07, 6.45) is 5.70. The molecule has 0 radical (unpaired) electrons. The third kappa shape index (κ3) is 1.76. The molecule has 1 saturated carbocycles. The van der Waals surface area contributed by atoms with Crippen molar-refractivity contribution in [2.45, 2.75) is 65.4 Å². The molecule has 1 rings (SSSR count). The highest BCUT2D eigenvalue weighted by Crippen LogP contribution is 2.50. The van der Waals surface area contributed by atoms with Crippen LogP contribution < -0.4 is 0 Å². The Bertz CT molecular complexity index is 174. The van der Waals surface area contributed by atoms with E-state index in [1.807, 2.05) is 0 Å². The van der Waals surface area contributed by atoms with E-state index < -0.39 is 5.60 Å². The summed E-state index contributed by atoms with van der Waals surface area (Å²) >= 11 is 0. The fourth-order valence-electron chi connectivity index (χ4n) is 2.94. The average molecular weight is 184 g/mol. The van der Waals surface area contributed by atoms with Gasteiger partial charge in [-0.2, -0.15) is 0 Å². The lowest BCUT2D eigenvalue weighted by atomic mass is 9.69. The molecule has 13 heavy (non-hydrogen) atoms. The lowest BCUT2D eigenvalue weighted by molar-refractivity contribution is -0.0877. The second-order valence-electron chi connectivity index (χ2n) is 5.35. The Morgan fingerprint density at radius 1 is 1.31 bits per heavy atom. The summed E-state index contributed by atoms with van der Waals surface area (Å²) in [5, 5.41) is 10.6. The molecular formula is C12H24O. The zero-order valence-corrected chi connectivity index (χ0v) is 9.56. The summed E-state index contributed by atoms with van der Waals surface area (Å²) in [7, 11) is 0. The minimum absolute atomic E-state index is 0.127. The van der Waals surface area contributed by atoms with E-state index in [0.717, 1.165) is 12.8 Å². The van der Waals surface area contributed by atoms with E-state index in [1.165, 1.54) is 19.3 Å². The van der Waals surface area contributed by atoms with Crippen LogP contribution in [0.2, 0.25) is 0 Å². The van der Waals surface area contributed by atoms with Gasteiger partial charge in [0.25, 0.3) is 0 Å². The van der Waals surface area contributed by atoms with Gasteiger partial charge in [0.1, 0.15) is 0 Å². The van der Waals surface area contributed by atoms with E-state index in [1.54, 1.807) is 0 Å². The van der Waals surface area contributed by atoms with Crippen molar-refractivity contribution in [3.8, 4) is 0 Å². The quantitative estimate of drug-likeness (QED) is 0.713. The highest BCUT2D eigenvalue weighted by Gasteiger charge is 2.50. The largest absolute Gasteiger partial charge is 0.389 e. The number of rotatable bonds is 3. The first-order chi connectivity index (χ1) is 5.94. The molecule has 1 aliphatic carbocycles. The van der Waals surface area contributed by atoms with Crippen molar-refractivity contribution in [3.63, 3.8) is 0 Å². The minimum atomic E-state index is -0.400. The summed E-state index contributed by atoms with van der Waals surface area (Å²) in [6.45, 7) is 8.83. The van der Waals surface area contributed by atoms with Gasteiger partial charge in [0.05, 0.1) is 5.60 Å². The van der Waals surface area contributed by atoms with Gasteiger partial charge in [0.15, 0.2) is 0 Å². The normalized spacial score (nSPS) is 34.8. The molecule has 0 aromatic heterocycles. The van der Waals surface area contributed by atoms with Gasteiger partial charge in [0.2, 0.25) is 0 Å². The van der Waals surface area contributed by atoms with E-state index in [9.17, 15) is 5.11 Å². The lowest BCUT2D eigenvalue weighted by Gasteiger charge is -2.41. The van der Waals surface area contributed by atoms with Crippen molar-refractivity contribution in [3.05, 3.63) is 0 Å². The Morgan fingerprint density at radius 3 is 2.31 bits per heavy atom. The maximum absolute atomic E-state index is 10.6. The van der Waals surface area contributed by atoms with Crippen molar-refractivity contribution in [2.24, 2.45) is 11.3 Å². The van der Waals surface area contributed by atoms with Gasteiger partial charge >= 0.3 is 0 Å². The van der Waals surface area contributed by atoms with Gasteiger partial charge < -0.3 is 5.11 Å². The van der Waals surface area contributed by atoms with E-state index in [0.29, 0.717) is 5.92 Å². The van der Waals surface area contributed by atoms with Crippen LogP contribution in [0.15, 0.2) is 0 Å². The molecule has 0 aromatic carbocycles. The number of hydrogen-bond acceptors (Lipinski definition) is 1. The van der Waals surface area contributed by atoms with Crippen LogP contribution in [0.4, 0.5) is 0 Å². The van der Waals surface area contributed by atoms with Gasteiger partial charge in [-0.3, -0.25) is 0 Å². The zero-order chi connectivity index (χ0) is 10.1. The Kier molecular flexibility index (Phi) is 3.06. The van der Waals surface area contributed by atoms with Crippen molar-refractivity contribution >= 4 is 0 Å². The smallest absolute Gasteiger partial charge is 0.0723 e. The molecular weight excluding hydrogens is 160 g/mol. The topological polar surface area (TPSA) is 20.2 Å². The summed E-state index contributed by atoms with van der Waals surface area (Å²) in [4.78, 5) is 0. The minimum Gasteiger partial charge on any atom is -0.389 e. The molecule has 1 nitrogen and oxygen atoms in total. The predicted molar refractivity (Wildman–Crippen MR) is 56.7 cm³/mol. The molecule has 0 aliphatic heterocycles. The molecule has 1 fully saturated rings. The maximum atomic E-state index is 10.6. The molecule has 0 spiro atoms. The molecule has 0 bridgehead atoms. The Hall–Kier alpha value is -0.0400. The summed E-state index contributed by atoms with van der Waals surface area (Å²) in [5.41, 5.74) is -0.273. The van der Waals surface area contributed by atoms with Gasteiger partial charge in [-0.25, -0.2) is 0 Å². The molecule has 2 unspecified atom stereocenters. The fraction of sp³-hybridized carbons (Fsp3) is 1.00. The van der Waals surface area contributed by atoms with Crippen molar-refractivity contribution in [1.29, 1.82) is 0 Å². The standard InChI is InChI=1S/C12H24O/c1-5-7-10(2)12(13)9-6-8-11(12,3)4/h10,13H,5-9H2,1-4H3. The van der Waals surface area contributed by atoms with Gasteiger partial charge in [-0.15, -0.1) is 0 Å². The predicted octanol–water partition coefficient (Wildman–Crippen LogP) is 3.36. The Labute approximate surface area is 82.5 Å². The van der Waals surface area contributed by atoms with Crippen molar-refractivity contribution in [2.75, 3.05) is 0 Å². The van der Waals surface area contributed by atoms with E-state index >= 15 is 0 Å². The molecule has 1 aliphatic rings. The van der Waals surface area contributed by atoms with E-state index in [-0.39, 0.29) is 5.41 Å². The molecule has 1 heteroatoms. The highest BCUT2D eigenvalue weighted by atomic mass is 16.3. The monoisotopic (exact) mass is 184 g/mol. The van der Waals surface area contributed by atoms with Crippen LogP contribution in [0.3, 0.4) is 0 Å². The van der Waals surface area contributed by atoms with Crippen LogP contribution in [0.5, 0.6) is 0 Å². The molecule has 0 aromatic rings. The van der Waals surface area contributed by atoms with E-state index in [2.05, 4.69) is 27.7 Å². The first-order valence-corrected chi connectivity index (χ1v) is 5.66. The van der Waals surface area contributed by atoms with Crippen LogP contribution in [0.1, 0.15) is 59.8 Å². The molecule has 1 N–H and O–H groups in total. The lowest BCUT2D eigenvalue weighted by Crippen LogP contribution is -2.45. The third-order valence-corrected chi connectivity index (χ3v) is 4.07. The highest BCUT2D eigenvalue weighted by molar-refractivity contribution is 5.01. The summed E-state index contributed by atoms with van der Waals surface area (Å²) in [5.74, 6) is 0.454. The Balaban J connectivity index is 2.74. The number of aliphatic hydroxyl groups is 1. The molecule has 78 valence electrons. The molecule has 0 heterocycles. The maximum Gasteiger partial charge on any atom is 0.0723 e. The van der Waals surface area contributed by atoms with Gasteiger partial charge in [-0.05, 0) is 37.0 Å². The number of hydrogen-bond donors (Lipinski definition) is 1. The van der Waals surface area contributed by atoms with Crippen LogP contribution in [-0.2, 0) is 0 Å². The fourth-order valence-corrected chi connectivity index (χ4v) is 2.94. The van der Waals surface area contributed by atoms with Crippen molar-refractivity contribution < 1.29 is 5.11 Å². The Morgan fingerprint density at radius 2 is 1.92 bits per heavy atom. The zero-order valence-electron chi connectivity index (χ0n) is 9.56. The average Bonchev–Trinajstić information content (AvgIpc) is 2.28. The van der Waals surface area contributed by atoms with Gasteiger partial charge in [0, 0.05) is 0 Å². The second kappa shape index (κ2) is 3.61. The third-order valence-electron chi connectivity index (χ3n) is 4.07. The summed E-state index contributed by atoms with van der Waals surface area (Å²) in [6, 6.07) is 0. The molecule has 2 atom stereocenters. The van der Waals surface area contributed by atoms with Gasteiger partial charge in [-0.1, -0.05) is 34.1 Å². The SMILES string of the molecule is CCCC(C)C1(O)CCCC1(C)C. The first-order valence-electron chi connectivity index (χ1n) is 5.66. The molecule has 0 amide bonds.